The van der Waals surface area contributed by atoms with Crippen LogP contribution in [0.5, 0.6) is 0 Å². The first-order valence-corrected chi connectivity index (χ1v) is 30.0. The van der Waals surface area contributed by atoms with Gasteiger partial charge in [-0.25, -0.2) is 0 Å². The molecule has 392 valence electrons. The number of benzene rings is 8. The third kappa shape index (κ3) is 7.07. The van der Waals surface area contributed by atoms with E-state index in [0.717, 1.165) is 19.3 Å². The molecule has 0 amide bonds. The number of thiophene rings is 1. The van der Waals surface area contributed by atoms with Crippen molar-refractivity contribution in [3.63, 3.8) is 0 Å². The van der Waals surface area contributed by atoms with E-state index in [-0.39, 0.29) is 39.3 Å². The fourth-order valence-electron chi connectivity index (χ4n) is 15.4. The smallest absolute Gasteiger partial charge is 0.252 e. The molecule has 3 aliphatic heterocycles. The summed E-state index contributed by atoms with van der Waals surface area (Å²) in [4.78, 5) is 8.24. The summed E-state index contributed by atoms with van der Waals surface area (Å²) in [6, 6.07) is 60.3. The standard InChI is InChI=1S/C73H76BN3S/c1-45-38-63-66-64(39-45)76(60-26-21-25-51-50-24-17-18-27-65(50)78-67(51)60)61-42-49(77-59-33-29-48(69(5,6)7)41-55(59)72(12)34-19-20-35-73(72,77)13)30-31-56(61)74(66)57-43-53-54(71(10,11)37-36-70(53,8)9)44-62(57)75(63)58-32-28-47(68(2,3)4)40-52(58)46-22-15-14-16-23-46/h14-18,21-33,38-44H,19-20,34-37H2,1-13H3. The Bertz CT molecular complexity index is 3980. The zero-order valence-corrected chi connectivity index (χ0v) is 49.3. The van der Waals surface area contributed by atoms with Crippen LogP contribution in [-0.2, 0) is 27.1 Å². The minimum atomic E-state index is -0.0979. The van der Waals surface area contributed by atoms with E-state index in [1.165, 1.54) is 146 Å². The predicted octanol–water partition coefficient (Wildman–Crippen LogP) is 18.8. The van der Waals surface area contributed by atoms with Gasteiger partial charge in [0, 0.05) is 60.6 Å². The van der Waals surface area contributed by atoms with Gasteiger partial charge >= 0.3 is 0 Å². The summed E-state index contributed by atoms with van der Waals surface area (Å²) in [5.41, 5.74) is 25.4. The Balaban J connectivity index is 1.09. The normalized spacial score (nSPS) is 20.8. The van der Waals surface area contributed by atoms with Crippen LogP contribution in [0.1, 0.15) is 155 Å². The second-order valence-corrected chi connectivity index (χ2v) is 29.1. The third-order valence-corrected chi connectivity index (χ3v) is 21.4. The summed E-state index contributed by atoms with van der Waals surface area (Å²) in [6.07, 6.45) is 7.16. The van der Waals surface area contributed by atoms with E-state index in [9.17, 15) is 0 Å². The minimum Gasteiger partial charge on any atom is -0.334 e. The Hall–Kier alpha value is -6.56. The van der Waals surface area contributed by atoms with E-state index < -0.39 is 0 Å². The number of nitrogens with zero attached hydrogens (tertiary/aromatic N) is 3. The molecule has 2 aliphatic carbocycles. The molecule has 1 fully saturated rings. The lowest BCUT2D eigenvalue weighted by atomic mass is 9.33. The Kier molecular flexibility index (Phi) is 10.7. The second-order valence-electron chi connectivity index (χ2n) is 28.0. The zero-order chi connectivity index (χ0) is 54.2. The van der Waals surface area contributed by atoms with Crippen LogP contribution in [0, 0.1) is 6.92 Å². The maximum absolute atomic E-state index is 2.81. The molecule has 0 spiro atoms. The van der Waals surface area contributed by atoms with Gasteiger partial charge in [0.1, 0.15) is 0 Å². The Labute approximate surface area is 469 Å². The van der Waals surface area contributed by atoms with Crippen molar-refractivity contribution >= 4 is 100 Å². The van der Waals surface area contributed by atoms with Crippen LogP contribution < -0.4 is 31.1 Å². The maximum atomic E-state index is 2.81. The highest BCUT2D eigenvalue weighted by Crippen LogP contribution is 2.62. The lowest BCUT2D eigenvalue weighted by Gasteiger charge is -2.51. The first-order valence-electron chi connectivity index (χ1n) is 29.2. The SMILES string of the molecule is Cc1cc2c3c(c1)N(c1cccc4c1sc1ccccc14)c1cc(N4c5ccc(C(C)(C)C)cc5C5(C)CCCCC45C)ccc1B3c1cc3c(cc1N2c1ccc(C(C)(C)C)cc1-c1ccccc1)C(C)(C)CCC3(C)C. The molecule has 3 nitrogen and oxygen atoms in total. The number of hydrogen-bond acceptors (Lipinski definition) is 4. The number of fused-ring (bicyclic) bond motifs is 11. The molecular formula is C73H76BN3S. The van der Waals surface area contributed by atoms with Crippen molar-refractivity contribution in [2.75, 3.05) is 14.7 Å². The number of rotatable bonds is 4. The summed E-state index contributed by atoms with van der Waals surface area (Å²) >= 11 is 1.94. The lowest BCUT2D eigenvalue weighted by Crippen LogP contribution is -2.62. The van der Waals surface area contributed by atoms with Crippen LogP contribution in [0.3, 0.4) is 0 Å². The van der Waals surface area contributed by atoms with Crippen LogP contribution in [-0.4, -0.2) is 12.3 Å². The van der Waals surface area contributed by atoms with Crippen molar-refractivity contribution in [1.29, 1.82) is 0 Å². The van der Waals surface area contributed by atoms with Gasteiger partial charge in [-0.15, -0.1) is 11.3 Å². The van der Waals surface area contributed by atoms with E-state index >= 15 is 0 Å². The topological polar surface area (TPSA) is 9.72 Å². The average Bonchev–Trinajstić information content (AvgIpc) is 3.18. The van der Waals surface area contributed by atoms with E-state index in [4.69, 9.17) is 0 Å². The van der Waals surface area contributed by atoms with E-state index in [2.05, 4.69) is 256 Å². The summed E-state index contributed by atoms with van der Waals surface area (Å²) in [6.45, 7) is 31.6. The molecule has 1 saturated carbocycles. The highest BCUT2D eigenvalue weighted by atomic mass is 32.1. The zero-order valence-electron chi connectivity index (χ0n) is 48.5. The highest BCUT2D eigenvalue weighted by Gasteiger charge is 2.58. The summed E-state index contributed by atoms with van der Waals surface area (Å²) < 4.78 is 2.65. The predicted molar refractivity (Wildman–Crippen MR) is 339 cm³/mol. The molecule has 2 atom stereocenters. The van der Waals surface area contributed by atoms with Gasteiger partial charge in [0.05, 0.1) is 21.6 Å². The maximum Gasteiger partial charge on any atom is 0.252 e. The van der Waals surface area contributed by atoms with Crippen molar-refractivity contribution in [2.45, 2.75) is 161 Å². The molecule has 0 saturated heterocycles. The van der Waals surface area contributed by atoms with Gasteiger partial charge in [0.25, 0.3) is 6.71 Å². The molecule has 78 heavy (non-hydrogen) atoms. The van der Waals surface area contributed by atoms with Crippen molar-refractivity contribution < 1.29 is 0 Å². The molecule has 8 aromatic carbocycles. The Morgan fingerprint density at radius 1 is 0.474 bits per heavy atom. The average molecular weight is 1040 g/mol. The lowest BCUT2D eigenvalue weighted by molar-refractivity contribution is 0.195. The van der Waals surface area contributed by atoms with Crippen LogP contribution in [0.15, 0.2) is 152 Å². The molecule has 14 rings (SSSR count). The van der Waals surface area contributed by atoms with Gasteiger partial charge < -0.3 is 14.7 Å². The van der Waals surface area contributed by atoms with Crippen molar-refractivity contribution in [3.8, 4) is 11.1 Å². The number of anilines is 8. The van der Waals surface area contributed by atoms with Gasteiger partial charge in [-0.1, -0.05) is 180 Å². The molecule has 1 aromatic heterocycles. The van der Waals surface area contributed by atoms with Crippen LogP contribution in [0.25, 0.3) is 31.3 Å². The summed E-state index contributed by atoms with van der Waals surface area (Å²) in [7, 11) is 0. The van der Waals surface area contributed by atoms with Gasteiger partial charge in [-0.3, -0.25) is 0 Å². The Morgan fingerprint density at radius 3 is 1.81 bits per heavy atom. The first-order chi connectivity index (χ1) is 37.1. The van der Waals surface area contributed by atoms with Crippen LogP contribution in [0.2, 0.25) is 0 Å². The van der Waals surface area contributed by atoms with Gasteiger partial charge in [-0.2, -0.15) is 0 Å². The molecular weight excluding hydrogens is 962 g/mol. The van der Waals surface area contributed by atoms with Crippen molar-refractivity contribution in [3.05, 3.63) is 185 Å². The van der Waals surface area contributed by atoms with Gasteiger partial charge in [-0.05, 0) is 177 Å². The summed E-state index contributed by atoms with van der Waals surface area (Å²) in [5.74, 6) is 0. The molecule has 0 bridgehead atoms. The monoisotopic (exact) mass is 1040 g/mol. The second kappa shape index (κ2) is 16.7. The fourth-order valence-corrected chi connectivity index (χ4v) is 16.6. The van der Waals surface area contributed by atoms with Crippen molar-refractivity contribution in [1.82, 2.24) is 0 Å². The molecule has 5 heteroatoms. The highest BCUT2D eigenvalue weighted by molar-refractivity contribution is 7.26. The molecule has 0 N–H and O–H groups in total. The minimum absolute atomic E-state index is 0.00778. The molecule has 0 radical (unpaired) electrons. The van der Waals surface area contributed by atoms with Crippen LogP contribution >= 0.6 is 11.3 Å². The van der Waals surface area contributed by atoms with E-state index in [1.54, 1.807) is 0 Å². The van der Waals surface area contributed by atoms with Crippen LogP contribution in [0.4, 0.5) is 45.5 Å². The number of aryl methyl sites for hydroxylation is 1. The quantitative estimate of drug-likeness (QED) is 0.163. The largest absolute Gasteiger partial charge is 0.334 e. The van der Waals surface area contributed by atoms with Gasteiger partial charge in [0.2, 0.25) is 0 Å². The molecule has 4 heterocycles. The molecule has 2 unspecified atom stereocenters. The van der Waals surface area contributed by atoms with Gasteiger partial charge in [0.15, 0.2) is 0 Å². The molecule has 5 aliphatic rings. The third-order valence-electron chi connectivity index (χ3n) is 20.2. The Morgan fingerprint density at radius 2 is 1.09 bits per heavy atom. The fraction of sp³-hybridized carbons (Fsp3) is 0.342. The van der Waals surface area contributed by atoms with E-state index in [1.807, 2.05) is 11.3 Å². The van der Waals surface area contributed by atoms with Crippen molar-refractivity contribution in [2.24, 2.45) is 0 Å². The van der Waals surface area contributed by atoms with E-state index in [0.29, 0.717) is 0 Å². The molecule has 9 aromatic rings. The number of hydrogen-bond donors (Lipinski definition) is 0. The first kappa shape index (κ1) is 49.7. The summed E-state index contributed by atoms with van der Waals surface area (Å²) in [5, 5.41) is 2.64.